The average molecular weight is 360 g/mol. The minimum absolute atomic E-state index is 0.0304. The number of rotatable bonds is 5. The first-order chi connectivity index (χ1) is 12.0. The molecule has 0 aliphatic heterocycles. The van der Waals surface area contributed by atoms with Gasteiger partial charge in [-0.3, -0.25) is 9.36 Å². The summed E-state index contributed by atoms with van der Waals surface area (Å²) in [5, 5.41) is 10.9. The highest BCUT2D eigenvalue weighted by Gasteiger charge is 2.11. The molecule has 0 saturated heterocycles. The average Bonchev–Trinajstić information content (AvgIpc) is 3.01. The van der Waals surface area contributed by atoms with Gasteiger partial charge < -0.3 is 5.32 Å². The van der Waals surface area contributed by atoms with Crippen LogP contribution in [0.25, 0.3) is 5.69 Å². The van der Waals surface area contributed by atoms with Crippen molar-refractivity contribution >= 4 is 23.4 Å². The second kappa shape index (κ2) is 7.43. The lowest BCUT2D eigenvalue weighted by Gasteiger charge is -2.07. The maximum atomic E-state index is 13.1. The Kier molecular flexibility index (Phi) is 5.08. The van der Waals surface area contributed by atoms with Crippen LogP contribution in [0.3, 0.4) is 0 Å². The number of anilines is 1. The summed E-state index contributed by atoms with van der Waals surface area (Å²) >= 11 is 1.18. The van der Waals surface area contributed by atoms with Gasteiger partial charge in [0.2, 0.25) is 5.91 Å². The maximum Gasteiger partial charge on any atom is 0.234 e. The first-order valence-electron chi connectivity index (χ1n) is 7.37. The molecule has 25 heavy (non-hydrogen) atoms. The van der Waals surface area contributed by atoms with Crippen molar-refractivity contribution in [1.29, 1.82) is 0 Å². The third kappa shape index (κ3) is 4.42. The van der Waals surface area contributed by atoms with Gasteiger partial charge >= 0.3 is 0 Å². The standard InChI is InChI=1S/C17H14F2N4OS/c1-11-2-4-15(5-3-11)23-10-20-22-17(23)25-9-16(24)21-14-7-12(18)6-13(19)8-14/h2-8,10H,9H2,1H3,(H,21,24). The second-order valence-corrected chi connectivity index (χ2v) is 6.26. The predicted molar refractivity (Wildman–Crippen MR) is 91.8 cm³/mol. The van der Waals surface area contributed by atoms with Gasteiger partial charge in [-0.1, -0.05) is 29.5 Å². The van der Waals surface area contributed by atoms with E-state index >= 15 is 0 Å². The lowest BCUT2D eigenvalue weighted by atomic mass is 10.2. The molecule has 0 fully saturated rings. The lowest BCUT2D eigenvalue weighted by Crippen LogP contribution is -2.14. The number of amides is 1. The summed E-state index contributed by atoms with van der Waals surface area (Å²) in [5.41, 5.74) is 2.08. The highest BCUT2D eigenvalue weighted by atomic mass is 32.2. The lowest BCUT2D eigenvalue weighted by molar-refractivity contribution is -0.113. The van der Waals surface area contributed by atoms with Crippen LogP contribution in [0.4, 0.5) is 14.5 Å². The summed E-state index contributed by atoms with van der Waals surface area (Å²) in [7, 11) is 0. The fraction of sp³-hybridized carbons (Fsp3) is 0.118. The number of carbonyl (C=O) groups excluding carboxylic acids is 1. The number of halogens is 2. The molecule has 5 nitrogen and oxygen atoms in total. The van der Waals surface area contributed by atoms with Crippen molar-refractivity contribution in [1.82, 2.24) is 14.8 Å². The van der Waals surface area contributed by atoms with E-state index in [0.29, 0.717) is 5.16 Å². The summed E-state index contributed by atoms with van der Waals surface area (Å²) in [6.07, 6.45) is 1.56. The van der Waals surface area contributed by atoms with Crippen LogP contribution in [-0.4, -0.2) is 26.4 Å². The van der Waals surface area contributed by atoms with E-state index in [-0.39, 0.29) is 11.4 Å². The van der Waals surface area contributed by atoms with E-state index in [1.807, 2.05) is 31.2 Å². The molecule has 0 atom stereocenters. The molecule has 1 aromatic heterocycles. The number of aryl methyl sites for hydroxylation is 1. The number of carbonyl (C=O) groups is 1. The second-order valence-electron chi connectivity index (χ2n) is 5.31. The van der Waals surface area contributed by atoms with Crippen molar-refractivity contribution in [3.05, 3.63) is 66.0 Å². The van der Waals surface area contributed by atoms with Crippen LogP contribution >= 0.6 is 11.8 Å². The van der Waals surface area contributed by atoms with E-state index in [2.05, 4.69) is 15.5 Å². The van der Waals surface area contributed by atoms with Gasteiger partial charge in [-0.15, -0.1) is 10.2 Å². The largest absolute Gasteiger partial charge is 0.325 e. The predicted octanol–water partition coefficient (Wildman–Crippen LogP) is 3.58. The number of nitrogens with zero attached hydrogens (tertiary/aromatic N) is 3. The minimum Gasteiger partial charge on any atom is -0.325 e. The molecule has 0 aliphatic rings. The first-order valence-corrected chi connectivity index (χ1v) is 8.35. The molecule has 0 aliphatic carbocycles. The van der Waals surface area contributed by atoms with Crippen molar-refractivity contribution in [2.24, 2.45) is 0 Å². The quantitative estimate of drug-likeness (QED) is 0.707. The number of hydrogen-bond acceptors (Lipinski definition) is 4. The van der Waals surface area contributed by atoms with Crippen LogP contribution in [-0.2, 0) is 4.79 Å². The number of hydrogen-bond donors (Lipinski definition) is 1. The number of nitrogens with one attached hydrogen (secondary N) is 1. The van der Waals surface area contributed by atoms with E-state index in [1.54, 1.807) is 10.9 Å². The van der Waals surface area contributed by atoms with E-state index < -0.39 is 17.5 Å². The Bertz CT molecular complexity index is 876. The summed E-state index contributed by atoms with van der Waals surface area (Å²) in [6.45, 7) is 1.99. The van der Waals surface area contributed by atoms with Gasteiger partial charge in [0, 0.05) is 17.4 Å². The monoisotopic (exact) mass is 360 g/mol. The highest BCUT2D eigenvalue weighted by Crippen LogP contribution is 2.20. The van der Waals surface area contributed by atoms with Gasteiger partial charge in [-0.2, -0.15) is 0 Å². The molecule has 0 radical (unpaired) electrons. The molecule has 128 valence electrons. The Morgan fingerprint density at radius 3 is 2.52 bits per heavy atom. The fourth-order valence-corrected chi connectivity index (χ4v) is 2.89. The molecule has 3 rings (SSSR count). The molecule has 0 spiro atoms. The van der Waals surface area contributed by atoms with E-state index in [0.717, 1.165) is 29.4 Å². The number of aromatic nitrogens is 3. The van der Waals surface area contributed by atoms with Crippen molar-refractivity contribution in [2.45, 2.75) is 12.1 Å². The molecule has 1 N–H and O–H groups in total. The summed E-state index contributed by atoms with van der Waals surface area (Å²) in [6, 6.07) is 10.6. The highest BCUT2D eigenvalue weighted by molar-refractivity contribution is 7.99. The molecule has 8 heteroatoms. The molecular formula is C17H14F2N4OS. The van der Waals surface area contributed by atoms with Gasteiger partial charge in [0.15, 0.2) is 5.16 Å². The van der Waals surface area contributed by atoms with Crippen molar-refractivity contribution < 1.29 is 13.6 Å². The Hall–Kier alpha value is -2.74. The minimum atomic E-state index is -0.748. The SMILES string of the molecule is Cc1ccc(-n2cnnc2SCC(=O)Nc2cc(F)cc(F)c2)cc1. The van der Waals surface area contributed by atoms with Crippen LogP contribution in [0.1, 0.15) is 5.56 Å². The number of thioether (sulfide) groups is 1. The van der Waals surface area contributed by atoms with Gasteiger partial charge in [-0.25, -0.2) is 8.78 Å². The zero-order valence-electron chi connectivity index (χ0n) is 13.2. The maximum absolute atomic E-state index is 13.1. The topological polar surface area (TPSA) is 59.8 Å². The molecule has 0 unspecified atom stereocenters. The third-order valence-corrected chi connectivity index (χ3v) is 4.25. The first kappa shape index (κ1) is 17.1. The Morgan fingerprint density at radius 2 is 1.84 bits per heavy atom. The van der Waals surface area contributed by atoms with Crippen molar-refractivity contribution in [3.63, 3.8) is 0 Å². The zero-order valence-corrected chi connectivity index (χ0v) is 14.1. The molecule has 2 aromatic carbocycles. The Labute approximate surface area is 147 Å². The van der Waals surface area contributed by atoms with Crippen molar-refractivity contribution in [3.8, 4) is 5.69 Å². The molecule has 1 heterocycles. The van der Waals surface area contributed by atoms with E-state index in [9.17, 15) is 13.6 Å². The normalized spacial score (nSPS) is 10.7. The van der Waals surface area contributed by atoms with Crippen LogP contribution in [0.15, 0.2) is 53.9 Å². The van der Waals surface area contributed by atoms with Crippen LogP contribution in [0, 0.1) is 18.6 Å². The van der Waals surface area contributed by atoms with Crippen molar-refractivity contribution in [2.75, 3.05) is 11.1 Å². The summed E-state index contributed by atoms with van der Waals surface area (Å²) in [5.74, 6) is -1.86. The Morgan fingerprint density at radius 1 is 1.16 bits per heavy atom. The van der Waals surface area contributed by atoms with Gasteiger partial charge in [-0.05, 0) is 31.2 Å². The van der Waals surface area contributed by atoms with Gasteiger partial charge in [0.1, 0.15) is 18.0 Å². The Balaban J connectivity index is 1.65. The molecule has 1 amide bonds. The third-order valence-electron chi connectivity index (χ3n) is 3.31. The molecule has 0 saturated carbocycles. The van der Waals surface area contributed by atoms with Crippen LogP contribution < -0.4 is 5.32 Å². The van der Waals surface area contributed by atoms with Gasteiger partial charge in [0.25, 0.3) is 0 Å². The van der Waals surface area contributed by atoms with Crippen LogP contribution in [0.5, 0.6) is 0 Å². The molecule has 0 bridgehead atoms. The number of benzene rings is 2. The van der Waals surface area contributed by atoms with Crippen LogP contribution in [0.2, 0.25) is 0 Å². The smallest absolute Gasteiger partial charge is 0.234 e. The summed E-state index contributed by atoms with van der Waals surface area (Å²) in [4.78, 5) is 12.0. The summed E-state index contributed by atoms with van der Waals surface area (Å²) < 4.78 is 28.0. The molecular weight excluding hydrogens is 346 g/mol. The van der Waals surface area contributed by atoms with E-state index in [4.69, 9.17) is 0 Å². The van der Waals surface area contributed by atoms with E-state index in [1.165, 1.54) is 11.8 Å². The fourth-order valence-electron chi connectivity index (χ4n) is 2.16. The molecule has 3 aromatic rings. The zero-order chi connectivity index (χ0) is 17.8. The van der Waals surface area contributed by atoms with Gasteiger partial charge in [0.05, 0.1) is 5.75 Å².